The highest BCUT2D eigenvalue weighted by Crippen LogP contribution is 2.23. The SMILES string of the molecule is CC/C=C\C/C=C\C/C=C\C/C=C\C/C=C\CCCCCCCCCCCCCCCCCCCCCCCCCC(=O)NC(COC1OC(CO)C(O)C(O)C1O)C(O)/C=C/CC/C=C/CC/C=C/CC. The van der Waals surface area contributed by atoms with Crippen LogP contribution in [0.2, 0.25) is 0 Å². The summed E-state index contributed by atoms with van der Waals surface area (Å²) < 4.78 is 11.2. The average Bonchev–Trinajstić information content (AvgIpc) is 3.38. The van der Waals surface area contributed by atoms with Crippen molar-refractivity contribution in [2.24, 2.45) is 0 Å². The normalized spacial score (nSPS) is 19.9. The van der Waals surface area contributed by atoms with E-state index in [0.29, 0.717) is 6.42 Å². The van der Waals surface area contributed by atoms with Gasteiger partial charge >= 0.3 is 0 Å². The molecule has 9 nitrogen and oxygen atoms in total. The number of unbranched alkanes of at least 4 members (excludes halogenated alkanes) is 25. The van der Waals surface area contributed by atoms with Crippen molar-refractivity contribution in [3.63, 3.8) is 0 Å². The summed E-state index contributed by atoms with van der Waals surface area (Å²) >= 11 is 0. The summed E-state index contributed by atoms with van der Waals surface area (Å²) in [6, 6.07) is -0.829. The van der Waals surface area contributed by atoms with Gasteiger partial charge in [-0.25, -0.2) is 0 Å². The lowest BCUT2D eigenvalue weighted by Gasteiger charge is -2.40. The fourth-order valence-corrected chi connectivity index (χ4v) is 8.81. The highest BCUT2D eigenvalue weighted by atomic mass is 16.7. The minimum absolute atomic E-state index is 0.193. The number of aliphatic hydroxyl groups is 5. The van der Waals surface area contributed by atoms with Crippen molar-refractivity contribution in [1.29, 1.82) is 0 Å². The lowest BCUT2D eigenvalue weighted by Crippen LogP contribution is -2.60. The predicted octanol–water partition coefficient (Wildman–Crippen LogP) is 14.8. The van der Waals surface area contributed by atoms with Crippen molar-refractivity contribution in [3.05, 3.63) is 97.2 Å². The van der Waals surface area contributed by atoms with Crippen LogP contribution in [0.1, 0.15) is 239 Å². The smallest absolute Gasteiger partial charge is 0.220 e. The second-order valence-electron chi connectivity index (χ2n) is 20.0. The molecule has 0 spiro atoms. The van der Waals surface area contributed by atoms with Gasteiger partial charge in [-0.3, -0.25) is 4.79 Å². The van der Waals surface area contributed by atoms with E-state index >= 15 is 0 Å². The number of hydrogen-bond donors (Lipinski definition) is 6. The van der Waals surface area contributed by atoms with E-state index in [4.69, 9.17) is 9.47 Å². The van der Waals surface area contributed by atoms with Crippen LogP contribution >= 0.6 is 0 Å². The Bertz CT molecular complexity index is 1450. The van der Waals surface area contributed by atoms with E-state index in [2.05, 4.69) is 104 Å². The molecule has 6 N–H and O–H groups in total. The topological polar surface area (TPSA) is 149 Å². The molecule has 1 heterocycles. The Morgan fingerprint density at radius 1 is 0.472 bits per heavy atom. The molecule has 0 bridgehead atoms. The third-order valence-corrected chi connectivity index (χ3v) is 13.4. The molecule has 1 fully saturated rings. The van der Waals surface area contributed by atoms with Crippen LogP contribution in [0.25, 0.3) is 0 Å². The molecule has 9 heteroatoms. The number of rotatable bonds is 49. The molecule has 1 aliphatic rings. The second kappa shape index (κ2) is 51.6. The van der Waals surface area contributed by atoms with E-state index in [1.165, 1.54) is 135 Å². The Morgan fingerprint density at radius 3 is 1.28 bits per heavy atom. The minimum Gasteiger partial charge on any atom is -0.394 e. The number of ether oxygens (including phenoxy) is 2. The molecule has 72 heavy (non-hydrogen) atoms. The molecule has 7 unspecified atom stereocenters. The second-order valence-corrected chi connectivity index (χ2v) is 20.0. The van der Waals surface area contributed by atoms with Crippen LogP contribution in [-0.4, -0.2) is 87.5 Å². The molecular formula is C63H109NO8. The van der Waals surface area contributed by atoms with Gasteiger partial charge in [0.15, 0.2) is 6.29 Å². The molecule has 0 aromatic rings. The van der Waals surface area contributed by atoms with Crippen molar-refractivity contribution in [2.45, 2.75) is 281 Å². The number of aliphatic hydroxyl groups excluding tert-OH is 5. The van der Waals surface area contributed by atoms with Crippen molar-refractivity contribution in [3.8, 4) is 0 Å². The molecule has 1 aliphatic heterocycles. The Hall–Kier alpha value is -2.89. The molecule has 1 saturated heterocycles. The minimum atomic E-state index is -1.58. The van der Waals surface area contributed by atoms with Crippen molar-refractivity contribution >= 4 is 5.91 Å². The van der Waals surface area contributed by atoms with Gasteiger partial charge in [-0.2, -0.15) is 0 Å². The lowest BCUT2D eigenvalue weighted by molar-refractivity contribution is -0.302. The summed E-state index contributed by atoms with van der Waals surface area (Å²) in [6.45, 7) is 3.51. The first-order valence-electron chi connectivity index (χ1n) is 29.5. The number of carbonyl (C=O) groups excluding carboxylic acids is 1. The standard InChI is InChI=1S/C63H109NO8/c1-3-5-7-9-11-13-15-16-17-18-19-20-21-22-23-24-25-26-27-28-29-30-31-32-33-34-35-36-37-38-39-40-41-42-43-45-47-49-51-53-59(67)64-56(55-71-63-62(70)61(69)60(68)58(54-65)72-63)57(66)52-50-48-46-44-14-12-10-8-6-4-2/h5-8,11,13-14,16-17,19-20,22-23,44,50,52,56-58,60-63,65-66,68-70H,3-4,9-10,12,15,18,21,24-43,45-49,51,53-55H2,1-2H3,(H,64,67)/b7-5-,8-6+,13-11-,17-16-,20-19-,23-22-,44-14+,52-50+. The van der Waals surface area contributed by atoms with E-state index in [1.807, 2.05) is 6.08 Å². The molecule has 0 radical (unpaired) electrons. The van der Waals surface area contributed by atoms with Crippen molar-refractivity contribution in [2.75, 3.05) is 13.2 Å². The molecule has 0 aliphatic carbocycles. The average molecular weight is 1010 g/mol. The van der Waals surface area contributed by atoms with Gasteiger partial charge in [0.2, 0.25) is 5.91 Å². The van der Waals surface area contributed by atoms with Crippen molar-refractivity contribution < 1.29 is 39.8 Å². The van der Waals surface area contributed by atoms with Crippen LogP contribution in [0.5, 0.6) is 0 Å². The van der Waals surface area contributed by atoms with E-state index in [-0.39, 0.29) is 12.5 Å². The van der Waals surface area contributed by atoms with Crippen molar-refractivity contribution in [1.82, 2.24) is 5.32 Å². The fourth-order valence-electron chi connectivity index (χ4n) is 8.81. The monoisotopic (exact) mass is 1010 g/mol. The van der Waals surface area contributed by atoms with Crippen LogP contribution < -0.4 is 5.32 Å². The highest BCUT2D eigenvalue weighted by Gasteiger charge is 2.44. The Morgan fingerprint density at radius 2 is 0.833 bits per heavy atom. The molecule has 1 amide bonds. The van der Waals surface area contributed by atoms with Gasteiger partial charge in [0.1, 0.15) is 24.4 Å². The number of carbonyl (C=O) groups is 1. The first kappa shape index (κ1) is 67.1. The molecular weight excluding hydrogens is 899 g/mol. The third-order valence-electron chi connectivity index (χ3n) is 13.4. The largest absolute Gasteiger partial charge is 0.394 e. The summed E-state index contributed by atoms with van der Waals surface area (Å²) in [6.07, 6.45) is 68.1. The first-order chi connectivity index (χ1) is 35.3. The van der Waals surface area contributed by atoms with Crippen LogP contribution in [0.15, 0.2) is 97.2 Å². The van der Waals surface area contributed by atoms with E-state index in [9.17, 15) is 30.3 Å². The molecule has 7 atom stereocenters. The maximum Gasteiger partial charge on any atom is 0.220 e. The van der Waals surface area contributed by atoms with Crippen LogP contribution in [0.4, 0.5) is 0 Å². The third kappa shape index (κ3) is 40.5. The number of nitrogens with one attached hydrogen (secondary N) is 1. The van der Waals surface area contributed by atoms with Gasteiger partial charge in [0.05, 0.1) is 25.4 Å². The molecule has 414 valence electrons. The van der Waals surface area contributed by atoms with Gasteiger partial charge < -0.3 is 40.3 Å². The molecule has 0 saturated carbocycles. The number of allylic oxidation sites excluding steroid dienone is 15. The van der Waals surface area contributed by atoms with E-state index in [1.54, 1.807) is 6.08 Å². The fraction of sp³-hybridized carbons (Fsp3) is 0.730. The Labute approximate surface area is 441 Å². The Balaban J connectivity index is 2.03. The van der Waals surface area contributed by atoms with Gasteiger partial charge in [-0.05, 0) is 83.5 Å². The van der Waals surface area contributed by atoms with Crippen LogP contribution in [0, 0.1) is 0 Å². The number of amides is 1. The maximum atomic E-state index is 13.0. The van der Waals surface area contributed by atoms with Gasteiger partial charge in [0, 0.05) is 6.42 Å². The summed E-state index contributed by atoms with van der Waals surface area (Å²) in [5.41, 5.74) is 0. The maximum absolute atomic E-state index is 13.0. The molecule has 1 rings (SSSR count). The first-order valence-corrected chi connectivity index (χ1v) is 29.5. The zero-order chi connectivity index (χ0) is 52.2. The predicted molar refractivity (Wildman–Crippen MR) is 304 cm³/mol. The van der Waals surface area contributed by atoms with Crippen LogP contribution in [0.3, 0.4) is 0 Å². The Kier molecular flexibility index (Phi) is 48.1. The lowest BCUT2D eigenvalue weighted by atomic mass is 9.99. The van der Waals surface area contributed by atoms with E-state index in [0.717, 1.165) is 83.5 Å². The summed E-state index contributed by atoms with van der Waals surface area (Å²) in [5, 5.41) is 54.2. The van der Waals surface area contributed by atoms with E-state index < -0.39 is 49.5 Å². The van der Waals surface area contributed by atoms with Gasteiger partial charge in [-0.15, -0.1) is 0 Å². The van der Waals surface area contributed by atoms with Crippen LogP contribution in [-0.2, 0) is 14.3 Å². The summed E-state index contributed by atoms with van der Waals surface area (Å²) in [5.74, 6) is -0.193. The van der Waals surface area contributed by atoms with Gasteiger partial charge in [-0.1, -0.05) is 246 Å². The molecule has 0 aromatic carbocycles. The molecule has 0 aromatic heterocycles. The summed E-state index contributed by atoms with van der Waals surface area (Å²) in [4.78, 5) is 13.0. The summed E-state index contributed by atoms with van der Waals surface area (Å²) in [7, 11) is 0. The van der Waals surface area contributed by atoms with Gasteiger partial charge in [0.25, 0.3) is 0 Å². The zero-order valence-electron chi connectivity index (χ0n) is 45.9. The highest BCUT2D eigenvalue weighted by molar-refractivity contribution is 5.76. The zero-order valence-corrected chi connectivity index (χ0v) is 45.9. The number of hydrogen-bond acceptors (Lipinski definition) is 8. The quantitative estimate of drug-likeness (QED) is 0.0261.